The first kappa shape index (κ1) is 27.1. The molecule has 4 nitrogen and oxygen atoms in total. The summed E-state index contributed by atoms with van der Waals surface area (Å²) >= 11 is 0. The quantitative estimate of drug-likeness (QED) is 0.0981. The predicted molar refractivity (Wildman–Crippen MR) is 164 cm³/mol. The van der Waals surface area contributed by atoms with Crippen molar-refractivity contribution in [2.45, 2.75) is 30.8 Å². The fraction of sp³-hybridized carbons (Fsp3) is 0.243. The molecule has 208 valence electrons. The maximum Gasteiger partial charge on any atom is 0.122 e. The normalized spacial score (nSPS) is 16.0. The third-order valence-electron chi connectivity index (χ3n) is 8.05. The van der Waals surface area contributed by atoms with E-state index in [1.807, 2.05) is 12.2 Å². The largest absolute Gasteiger partial charge is 0.493 e. The van der Waals surface area contributed by atoms with E-state index >= 15 is 0 Å². The maximum absolute atomic E-state index is 9.28. The minimum Gasteiger partial charge on any atom is -0.493 e. The summed E-state index contributed by atoms with van der Waals surface area (Å²) in [6, 6.07) is 30.6. The van der Waals surface area contributed by atoms with E-state index < -0.39 is 5.41 Å². The lowest BCUT2D eigenvalue weighted by molar-refractivity contribution is 0.232. The highest BCUT2D eigenvalue weighted by molar-refractivity contribution is 5.86. The van der Waals surface area contributed by atoms with Gasteiger partial charge >= 0.3 is 0 Å². The summed E-state index contributed by atoms with van der Waals surface area (Å²) in [5.74, 6) is 1.70. The number of rotatable bonds is 13. The number of epoxide rings is 1. The Morgan fingerprint density at radius 2 is 1.32 bits per heavy atom. The first-order valence-corrected chi connectivity index (χ1v) is 14.4. The number of allylic oxidation sites excluding steroid dienone is 2. The Hall–Kier alpha value is -4.12. The number of aliphatic hydroxyl groups is 1. The van der Waals surface area contributed by atoms with Gasteiger partial charge in [0.05, 0.1) is 18.6 Å². The minimum absolute atomic E-state index is 0.103. The molecule has 4 aromatic carbocycles. The average molecular weight is 545 g/mol. The molecule has 1 fully saturated rings. The summed E-state index contributed by atoms with van der Waals surface area (Å²) < 4.78 is 17.7. The highest BCUT2D eigenvalue weighted by Gasteiger charge is 2.46. The molecule has 1 heterocycles. The first-order valence-electron chi connectivity index (χ1n) is 14.4. The van der Waals surface area contributed by atoms with Crippen molar-refractivity contribution in [3.63, 3.8) is 0 Å². The van der Waals surface area contributed by atoms with Crippen LogP contribution in [0.25, 0.3) is 11.1 Å². The lowest BCUT2D eigenvalue weighted by Gasteiger charge is -2.35. The van der Waals surface area contributed by atoms with Crippen LogP contribution in [0.15, 0.2) is 110 Å². The van der Waals surface area contributed by atoms with Crippen molar-refractivity contribution in [2.75, 3.05) is 26.4 Å². The van der Waals surface area contributed by atoms with Crippen LogP contribution in [0.1, 0.15) is 39.8 Å². The highest BCUT2D eigenvalue weighted by Crippen LogP contribution is 2.56. The van der Waals surface area contributed by atoms with E-state index in [-0.39, 0.29) is 12.7 Å². The third-order valence-corrected chi connectivity index (χ3v) is 8.05. The number of hydrogen-bond donors (Lipinski definition) is 1. The number of hydrogen-bond acceptors (Lipinski definition) is 4. The molecule has 1 unspecified atom stereocenters. The fourth-order valence-corrected chi connectivity index (χ4v) is 6.15. The van der Waals surface area contributed by atoms with Gasteiger partial charge in [0, 0.05) is 13.0 Å². The SMILES string of the molecule is C=CCc1cc(C2(c3ccc(OCC4CO4)c(CC=C)c3)c3ccccc3-c3ccccc32)ccc1OCCCO. The number of fused-ring (bicyclic) bond motifs is 3. The summed E-state index contributed by atoms with van der Waals surface area (Å²) in [5, 5.41) is 9.28. The highest BCUT2D eigenvalue weighted by atomic mass is 16.6. The molecule has 4 heteroatoms. The molecule has 0 amide bonds. The molecule has 0 spiro atoms. The van der Waals surface area contributed by atoms with Gasteiger partial charge < -0.3 is 19.3 Å². The summed E-state index contributed by atoms with van der Waals surface area (Å²) in [7, 11) is 0. The second-order valence-electron chi connectivity index (χ2n) is 10.7. The zero-order valence-electron chi connectivity index (χ0n) is 23.4. The third kappa shape index (κ3) is 4.99. The molecule has 1 aliphatic carbocycles. The Bertz CT molecular complexity index is 1520. The summed E-state index contributed by atoms with van der Waals surface area (Å²) in [6.45, 7) is 9.94. The van der Waals surface area contributed by atoms with Crippen LogP contribution in [-0.4, -0.2) is 37.6 Å². The Morgan fingerprint density at radius 3 is 1.83 bits per heavy atom. The van der Waals surface area contributed by atoms with E-state index in [0.717, 1.165) is 29.2 Å². The molecule has 0 bridgehead atoms. The van der Waals surface area contributed by atoms with Crippen LogP contribution in [0.3, 0.4) is 0 Å². The molecule has 2 aliphatic rings. The monoisotopic (exact) mass is 544 g/mol. The van der Waals surface area contributed by atoms with Gasteiger partial charge in [-0.1, -0.05) is 84.9 Å². The van der Waals surface area contributed by atoms with E-state index in [0.29, 0.717) is 32.5 Å². The van der Waals surface area contributed by atoms with Crippen LogP contribution in [0.4, 0.5) is 0 Å². The van der Waals surface area contributed by atoms with Crippen molar-refractivity contribution >= 4 is 0 Å². The van der Waals surface area contributed by atoms with Gasteiger partial charge in [-0.2, -0.15) is 0 Å². The molecule has 6 rings (SSSR count). The van der Waals surface area contributed by atoms with Crippen LogP contribution in [-0.2, 0) is 23.0 Å². The summed E-state index contributed by atoms with van der Waals surface area (Å²) in [6.07, 6.45) is 6.01. The Balaban J connectivity index is 1.58. The smallest absolute Gasteiger partial charge is 0.122 e. The molecule has 4 aromatic rings. The summed E-state index contributed by atoms with van der Waals surface area (Å²) in [4.78, 5) is 0. The zero-order valence-corrected chi connectivity index (χ0v) is 23.4. The Kier molecular flexibility index (Phi) is 7.78. The van der Waals surface area contributed by atoms with Crippen LogP contribution in [0, 0.1) is 0 Å². The fourth-order valence-electron chi connectivity index (χ4n) is 6.15. The predicted octanol–water partition coefficient (Wildman–Crippen LogP) is 7.05. The molecule has 0 aromatic heterocycles. The maximum atomic E-state index is 9.28. The van der Waals surface area contributed by atoms with Gasteiger partial charge in [-0.05, 0) is 69.5 Å². The number of benzene rings is 4. The second-order valence-corrected chi connectivity index (χ2v) is 10.7. The van der Waals surface area contributed by atoms with Crippen molar-refractivity contribution in [3.8, 4) is 22.6 Å². The van der Waals surface area contributed by atoms with Crippen molar-refractivity contribution in [2.24, 2.45) is 0 Å². The number of aliphatic hydroxyl groups excluding tert-OH is 1. The molecule has 1 saturated heterocycles. The van der Waals surface area contributed by atoms with E-state index in [9.17, 15) is 5.11 Å². The van der Waals surface area contributed by atoms with Gasteiger partial charge in [0.25, 0.3) is 0 Å². The van der Waals surface area contributed by atoms with E-state index in [2.05, 4.69) is 98.1 Å². The minimum atomic E-state index is -0.541. The summed E-state index contributed by atoms with van der Waals surface area (Å²) in [5.41, 5.74) is 8.99. The molecule has 0 saturated carbocycles. The van der Waals surface area contributed by atoms with Gasteiger partial charge in [0.2, 0.25) is 0 Å². The van der Waals surface area contributed by atoms with Gasteiger partial charge in [0.15, 0.2) is 0 Å². The van der Waals surface area contributed by atoms with Crippen LogP contribution >= 0.6 is 0 Å². The van der Waals surface area contributed by atoms with Crippen molar-refractivity contribution < 1.29 is 19.3 Å². The van der Waals surface area contributed by atoms with E-state index in [1.54, 1.807) is 0 Å². The molecular weight excluding hydrogens is 508 g/mol. The number of ether oxygens (including phenoxy) is 3. The molecule has 1 N–H and O–H groups in total. The van der Waals surface area contributed by atoms with E-state index in [1.165, 1.54) is 33.4 Å². The Morgan fingerprint density at radius 1 is 0.780 bits per heavy atom. The van der Waals surface area contributed by atoms with Crippen molar-refractivity contribution in [3.05, 3.63) is 144 Å². The first-order chi connectivity index (χ1) is 20.2. The van der Waals surface area contributed by atoms with Gasteiger partial charge in [0.1, 0.15) is 24.2 Å². The van der Waals surface area contributed by atoms with Crippen LogP contribution < -0.4 is 9.47 Å². The molecule has 1 atom stereocenters. The lowest BCUT2D eigenvalue weighted by atomic mass is 9.67. The van der Waals surface area contributed by atoms with Gasteiger partial charge in [-0.15, -0.1) is 13.2 Å². The standard InChI is InChI=1S/C37H36O4/c1-3-10-26-22-28(16-18-35(26)39-21-9-20-38)37(33-14-7-5-12-31(33)32-13-6-8-15-34(32)37)29-17-19-36(27(23-29)11-4-2)41-25-30-24-40-30/h3-8,12-19,22-23,30,38H,1-2,9-11,20-21,24-25H2. The van der Waals surface area contributed by atoms with Gasteiger partial charge in [-0.25, -0.2) is 0 Å². The molecule has 1 aliphatic heterocycles. The Labute approximate surface area is 242 Å². The second kappa shape index (κ2) is 11.8. The van der Waals surface area contributed by atoms with Crippen molar-refractivity contribution in [1.29, 1.82) is 0 Å². The lowest BCUT2D eigenvalue weighted by Crippen LogP contribution is -2.29. The van der Waals surface area contributed by atoms with E-state index in [4.69, 9.17) is 14.2 Å². The molecule has 0 radical (unpaired) electrons. The topological polar surface area (TPSA) is 51.2 Å². The average Bonchev–Trinajstić information content (AvgIpc) is 3.79. The zero-order chi connectivity index (χ0) is 28.2. The van der Waals surface area contributed by atoms with Crippen LogP contribution in [0.2, 0.25) is 0 Å². The van der Waals surface area contributed by atoms with Gasteiger partial charge in [-0.3, -0.25) is 0 Å². The van der Waals surface area contributed by atoms with Crippen molar-refractivity contribution in [1.82, 2.24) is 0 Å². The molecule has 41 heavy (non-hydrogen) atoms. The van der Waals surface area contributed by atoms with Crippen LogP contribution in [0.5, 0.6) is 11.5 Å². The molecular formula is C37H36O4.